The third kappa shape index (κ3) is 395. The van der Waals surface area contributed by atoms with E-state index in [4.69, 9.17) is 40.9 Å². The van der Waals surface area contributed by atoms with E-state index in [1.54, 1.807) is 0 Å². The van der Waals surface area contributed by atoms with Gasteiger partial charge in [-0.3, -0.25) is 0 Å². The molecule has 0 aliphatic rings. The van der Waals surface area contributed by atoms with Gasteiger partial charge in [0.1, 0.15) is 0 Å². The van der Waals surface area contributed by atoms with Crippen molar-refractivity contribution in [3.63, 3.8) is 0 Å². The zero-order chi connectivity index (χ0) is 27.3. The first-order valence-electron chi connectivity index (χ1n) is 12.2. The van der Waals surface area contributed by atoms with Crippen LogP contribution in [0.5, 0.6) is 0 Å². The first-order chi connectivity index (χ1) is 15.3. The predicted molar refractivity (Wildman–Crippen MR) is 139 cm³/mol. The maximum Gasteiger partial charge on any atom is 0.0428 e. The Kier molecular flexibility index (Phi) is 242. The fourth-order valence-electron chi connectivity index (χ4n) is 0. The Morgan fingerprint density at radius 2 is 0.294 bits per heavy atom. The molecule has 0 saturated heterocycles. The minimum atomic E-state index is 0. The van der Waals surface area contributed by atoms with Crippen LogP contribution in [0.25, 0.3) is 0 Å². The largest absolute Gasteiger partial charge is 0.396 e. The average Bonchev–Trinajstić information content (AvgIpc) is 2.89. The van der Waals surface area contributed by atoms with Gasteiger partial charge in [0.2, 0.25) is 0 Å². The Labute approximate surface area is 251 Å². The zero-order valence-electron chi connectivity index (χ0n) is 23.9. The Morgan fingerprint density at radius 1 is 0.265 bits per heavy atom. The van der Waals surface area contributed by atoms with Crippen molar-refractivity contribution in [1.29, 1.82) is 0 Å². The van der Waals surface area contributed by atoms with E-state index in [2.05, 4.69) is 0 Å². The van der Waals surface area contributed by atoms with Crippen LogP contribution in [0.1, 0.15) is 107 Å². The molecular formula is C24H64HfO8Zr. The van der Waals surface area contributed by atoms with Crippen LogP contribution >= 0.6 is 0 Å². The van der Waals surface area contributed by atoms with Gasteiger partial charge in [0.15, 0.2) is 0 Å². The van der Waals surface area contributed by atoms with Crippen LogP contribution in [0.3, 0.4) is 0 Å². The number of hydrogen-bond acceptors (Lipinski definition) is 8. The van der Waals surface area contributed by atoms with Gasteiger partial charge in [-0.05, 0) is 51.4 Å². The molecule has 8 N–H and O–H groups in total. The van der Waals surface area contributed by atoms with Crippen LogP contribution in [-0.2, 0) is 52.0 Å². The summed E-state index contributed by atoms with van der Waals surface area (Å²) in [4.78, 5) is 0. The van der Waals surface area contributed by atoms with Crippen LogP contribution in [0.15, 0.2) is 0 Å². The molecule has 0 aromatic carbocycles. The molecule has 216 valence electrons. The molecule has 0 fully saturated rings. The van der Waals surface area contributed by atoms with Gasteiger partial charge in [-0.15, -0.1) is 0 Å². The molecular weight excluding hydrogens is 686 g/mol. The maximum atomic E-state index is 7.88. The molecule has 0 heterocycles. The van der Waals surface area contributed by atoms with E-state index >= 15 is 0 Å². The van der Waals surface area contributed by atoms with E-state index in [-0.39, 0.29) is 52.0 Å². The molecule has 34 heavy (non-hydrogen) atoms. The molecule has 0 radical (unpaired) electrons. The van der Waals surface area contributed by atoms with Gasteiger partial charge in [0, 0.05) is 105 Å². The van der Waals surface area contributed by atoms with Crippen molar-refractivity contribution in [2.24, 2.45) is 0 Å². The Morgan fingerprint density at radius 3 is 0.294 bits per heavy atom. The van der Waals surface area contributed by atoms with E-state index in [0.29, 0.717) is 52.9 Å². The quantitative estimate of drug-likeness (QED) is 0.176. The van der Waals surface area contributed by atoms with E-state index in [0.717, 1.165) is 51.4 Å². The Balaban J connectivity index is -0.0000000240. The van der Waals surface area contributed by atoms with Gasteiger partial charge >= 0.3 is 0 Å². The monoisotopic (exact) mass is 750 g/mol. The summed E-state index contributed by atoms with van der Waals surface area (Å²) in [6.07, 6.45) is 7.00. The molecule has 10 heteroatoms. The molecule has 0 aliphatic heterocycles. The van der Waals surface area contributed by atoms with Crippen LogP contribution in [0.2, 0.25) is 0 Å². The Hall–Kier alpha value is 1.43. The smallest absolute Gasteiger partial charge is 0.0428 e. The predicted octanol–water partition coefficient (Wildman–Crippen LogP) is 3.10. The second-order valence-corrected chi connectivity index (χ2v) is 5.79. The van der Waals surface area contributed by atoms with Crippen LogP contribution < -0.4 is 0 Å². The molecule has 8 nitrogen and oxygen atoms in total. The average molecular weight is 750 g/mol. The van der Waals surface area contributed by atoms with E-state index < -0.39 is 0 Å². The van der Waals surface area contributed by atoms with E-state index in [1.165, 1.54) is 0 Å². The number of aliphatic hydroxyl groups is 8. The Bertz CT molecular complexity index is 103. The fraction of sp³-hybridized carbons (Fsp3) is 1.00. The normalized spacial score (nSPS) is 7.06. The molecule has 0 saturated carbocycles. The summed E-state index contributed by atoms with van der Waals surface area (Å²) in [5, 5.41) is 63.0. The van der Waals surface area contributed by atoms with Crippen LogP contribution in [0, 0.1) is 0 Å². The molecule has 0 aliphatic carbocycles. The van der Waals surface area contributed by atoms with Crippen molar-refractivity contribution in [2.45, 2.75) is 107 Å². The molecule has 0 rings (SSSR count). The van der Waals surface area contributed by atoms with Crippen molar-refractivity contribution in [2.75, 3.05) is 52.9 Å². The van der Waals surface area contributed by atoms with Crippen molar-refractivity contribution in [1.82, 2.24) is 0 Å². The molecule has 0 atom stereocenters. The summed E-state index contributed by atoms with van der Waals surface area (Å²) in [5.41, 5.74) is 0. The summed E-state index contributed by atoms with van der Waals surface area (Å²) >= 11 is 0. The maximum absolute atomic E-state index is 7.88. The number of aliphatic hydroxyl groups excluding tert-OH is 8. The minimum absolute atomic E-state index is 0. The molecule has 0 amide bonds. The SMILES string of the molecule is CCCO.CCCO.CCCO.CCCO.CCCO.CCCO.CCCO.CCCO.[Hf].[Zr]. The van der Waals surface area contributed by atoms with Gasteiger partial charge in [-0.25, -0.2) is 0 Å². The third-order valence-corrected chi connectivity index (χ3v) is 1.79. The molecule has 0 aromatic heterocycles. The summed E-state index contributed by atoms with van der Waals surface area (Å²) in [5.74, 6) is 0. The zero-order valence-corrected chi connectivity index (χ0v) is 29.9. The number of rotatable bonds is 8. The van der Waals surface area contributed by atoms with Crippen LogP contribution in [0.4, 0.5) is 0 Å². The summed E-state index contributed by atoms with van der Waals surface area (Å²) in [6.45, 7) is 18.0. The topological polar surface area (TPSA) is 162 Å². The second kappa shape index (κ2) is 127. The van der Waals surface area contributed by atoms with E-state index in [9.17, 15) is 0 Å². The molecule has 0 spiro atoms. The van der Waals surface area contributed by atoms with Crippen molar-refractivity contribution in [3.05, 3.63) is 0 Å². The summed E-state index contributed by atoms with van der Waals surface area (Å²) in [6, 6.07) is 0. The molecule has 0 bridgehead atoms. The number of hydrogen-bond donors (Lipinski definition) is 8. The van der Waals surface area contributed by atoms with Gasteiger partial charge in [0.25, 0.3) is 0 Å². The van der Waals surface area contributed by atoms with Crippen molar-refractivity contribution >= 4 is 0 Å². The fourth-order valence-corrected chi connectivity index (χ4v) is 0. The van der Waals surface area contributed by atoms with Gasteiger partial charge in [-0.1, -0.05) is 55.4 Å². The molecule has 0 unspecified atom stereocenters. The van der Waals surface area contributed by atoms with Gasteiger partial charge in [-0.2, -0.15) is 0 Å². The van der Waals surface area contributed by atoms with Gasteiger partial charge < -0.3 is 40.9 Å². The first-order valence-corrected chi connectivity index (χ1v) is 12.2. The van der Waals surface area contributed by atoms with Crippen molar-refractivity contribution in [3.8, 4) is 0 Å². The van der Waals surface area contributed by atoms with Gasteiger partial charge in [0.05, 0.1) is 0 Å². The summed E-state index contributed by atoms with van der Waals surface area (Å²) < 4.78 is 0. The summed E-state index contributed by atoms with van der Waals surface area (Å²) in [7, 11) is 0. The minimum Gasteiger partial charge on any atom is -0.396 e. The molecule has 0 aromatic rings. The standard InChI is InChI=1S/8C3H8O.Hf.Zr/c8*1-2-3-4;;/h8*4H,2-3H2,1H3;;. The third-order valence-electron chi connectivity index (χ3n) is 1.79. The second-order valence-electron chi connectivity index (χ2n) is 5.79. The first kappa shape index (κ1) is 64.9. The van der Waals surface area contributed by atoms with Crippen molar-refractivity contribution < 1.29 is 92.9 Å². The van der Waals surface area contributed by atoms with E-state index in [1.807, 2.05) is 55.4 Å². The van der Waals surface area contributed by atoms with Crippen LogP contribution in [-0.4, -0.2) is 93.7 Å².